The first-order chi connectivity index (χ1) is 7.45. The van der Waals surface area contributed by atoms with Gasteiger partial charge >= 0.3 is 0 Å². The molecule has 0 radical (unpaired) electrons. The summed E-state index contributed by atoms with van der Waals surface area (Å²) < 4.78 is 5.51. The van der Waals surface area contributed by atoms with Gasteiger partial charge in [-0.25, -0.2) is 0 Å². The summed E-state index contributed by atoms with van der Waals surface area (Å²) in [7, 11) is 0. The summed E-state index contributed by atoms with van der Waals surface area (Å²) in [6, 6.07) is 9.47. The second kappa shape index (κ2) is 3.93. The molecule has 2 atom stereocenters. The second-order valence-corrected chi connectivity index (χ2v) is 4.19. The Morgan fingerprint density at radius 3 is 3.00 bits per heavy atom. The van der Waals surface area contributed by atoms with Gasteiger partial charge in [-0.2, -0.15) is 0 Å². The molecule has 0 aliphatic carbocycles. The molecule has 0 spiro atoms. The Morgan fingerprint density at radius 1 is 1.20 bits per heavy atom. The summed E-state index contributed by atoms with van der Waals surface area (Å²) in [4.78, 5) is 0. The van der Waals surface area contributed by atoms with Crippen molar-refractivity contribution < 1.29 is 4.74 Å². The number of nitrogens with one attached hydrogen (secondary N) is 2. The third-order valence-corrected chi connectivity index (χ3v) is 3.26. The Hall–Kier alpha value is -0.900. The molecule has 1 saturated heterocycles. The molecule has 2 N–H and O–H groups in total. The average Bonchev–Trinajstić information content (AvgIpc) is 2.74. The summed E-state index contributed by atoms with van der Waals surface area (Å²) >= 11 is 0. The molecule has 2 aliphatic heterocycles. The van der Waals surface area contributed by atoms with Crippen LogP contribution in [0.5, 0.6) is 0 Å². The van der Waals surface area contributed by atoms with E-state index in [-0.39, 0.29) is 0 Å². The quantitative estimate of drug-likeness (QED) is 0.710. The zero-order valence-electron chi connectivity index (χ0n) is 8.70. The summed E-state index contributed by atoms with van der Waals surface area (Å²) in [6.45, 7) is 3.60. The van der Waals surface area contributed by atoms with E-state index in [0.717, 1.165) is 26.3 Å². The SMILES string of the molecule is c1ccc2c(c1)CNC2C1COCCN1. The number of benzene rings is 1. The fourth-order valence-electron chi connectivity index (χ4n) is 2.49. The Kier molecular flexibility index (Phi) is 2.44. The molecular weight excluding hydrogens is 188 g/mol. The fraction of sp³-hybridized carbons (Fsp3) is 0.500. The van der Waals surface area contributed by atoms with Crippen molar-refractivity contribution in [2.45, 2.75) is 18.6 Å². The number of fused-ring (bicyclic) bond motifs is 1. The molecule has 1 fully saturated rings. The fourth-order valence-corrected chi connectivity index (χ4v) is 2.49. The van der Waals surface area contributed by atoms with Gasteiger partial charge in [-0.05, 0) is 11.1 Å². The van der Waals surface area contributed by atoms with Crippen molar-refractivity contribution in [3.05, 3.63) is 35.4 Å². The predicted octanol–water partition coefficient (Wildman–Crippen LogP) is 0.819. The smallest absolute Gasteiger partial charge is 0.0638 e. The first-order valence-corrected chi connectivity index (χ1v) is 5.57. The van der Waals surface area contributed by atoms with E-state index in [0.29, 0.717) is 12.1 Å². The molecule has 2 unspecified atom stereocenters. The summed E-state index contributed by atoms with van der Waals surface area (Å²) in [5.74, 6) is 0. The highest BCUT2D eigenvalue weighted by Crippen LogP contribution is 2.28. The van der Waals surface area contributed by atoms with Crippen LogP contribution in [-0.2, 0) is 11.3 Å². The van der Waals surface area contributed by atoms with Crippen molar-refractivity contribution >= 4 is 0 Å². The lowest BCUT2D eigenvalue weighted by molar-refractivity contribution is 0.0648. The summed E-state index contributed by atoms with van der Waals surface area (Å²) in [6.07, 6.45) is 0. The molecule has 0 bridgehead atoms. The van der Waals surface area contributed by atoms with Gasteiger partial charge < -0.3 is 15.4 Å². The van der Waals surface area contributed by atoms with Crippen LogP contribution in [-0.4, -0.2) is 25.8 Å². The Labute approximate surface area is 89.8 Å². The van der Waals surface area contributed by atoms with E-state index in [4.69, 9.17) is 4.74 Å². The van der Waals surface area contributed by atoms with Crippen LogP contribution in [0.4, 0.5) is 0 Å². The van der Waals surface area contributed by atoms with Crippen molar-refractivity contribution in [1.82, 2.24) is 10.6 Å². The van der Waals surface area contributed by atoms with Crippen LogP contribution in [0, 0.1) is 0 Å². The maximum Gasteiger partial charge on any atom is 0.0638 e. The molecule has 80 valence electrons. The Morgan fingerprint density at radius 2 is 2.13 bits per heavy atom. The molecule has 2 heterocycles. The minimum atomic E-state index is 0.418. The van der Waals surface area contributed by atoms with E-state index in [1.54, 1.807) is 0 Å². The van der Waals surface area contributed by atoms with E-state index in [1.165, 1.54) is 11.1 Å². The van der Waals surface area contributed by atoms with Crippen molar-refractivity contribution in [1.29, 1.82) is 0 Å². The minimum absolute atomic E-state index is 0.418. The summed E-state index contributed by atoms with van der Waals surface area (Å²) in [5, 5.41) is 7.06. The van der Waals surface area contributed by atoms with Crippen LogP contribution in [0.3, 0.4) is 0 Å². The number of ether oxygens (including phenoxy) is 1. The number of rotatable bonds is 1. The highest BCUT2D eigenvalue weighted by atomic mass is 16.5. The monoisotopic (exact) mass is 204 g/mol. The van der Waals surface area contributed by atoms with Gasteiger partial charge in [0.15, 0.2) is 0 Å². The lowest BCUT2D eigenvalue weighted by Gasteiger charge is -2.29. The van der Waals surface area contributed by atoms with Gasteiger partial charge in [-0.1, -0.05) is 24.3 Å². The second-order valence-electron chi connectivity index (χ2n) is 4.19. The standard InChI is InChI=1S/C12H16N2O/c1-2-4-10-9(3-1)7-14-12(10)11-8-15-6-5-13-11/h1-4,11-14H,5-8H2. The number of hydrogen-bond acceptors (Lipinski definition) is 3. The molecule has 3 heteroatoms. The first-order valence-electron chi connectivity index (χ1n) is 5.57. The molecular formula is C12H16N2O. The van der Waals surface area contributed by atoms with Gasteiger partial charge in [0, 0.05) is 13.1 Å². The lowest BCUT2D eigenvalue weighted by Crippen LogP contribution is -2.47. The maximum atomic E-state index is 5.51. The molecule has 15 heavy (non-hydrogen) atoms. The highest BCUT2D eigenvalue weighted by molar-refractivity contribution is 5.34. The molecule has 3 rings (SSSR count). The Balaban J connectivity index is 1.83. The van der Waals surface area contributed by atoms with Crippen molar-refractivity contribution in [3.8, 4) is 0 Å². The van der Waals surface area contributed by atoms with E-state index in [1.807, 2.05) is 0 Å². The van der Waals surface area contributed by atoms with E-state index >= 15 is 0 Å². The van der Waals surface area contributed by atoms with Gasteiger partial charge in [-0.15, -0.1) is 0 Å². The molecule has 0 amide bonds. The molecule has 2 aliphatic rings. The van der Waals surface area contributed by atoms with Crippen LogP contribution in [0.1, 0.15) is 17.2 Å². The average molecular weight is 204 g/mol. The Bertz CT molecular complexity index is 347. The van der Waals surface area contributed by atoms with Crippen molar-refractivity contribution in [2.75, 3.05) is 19.8 Å². The number of morpholine rings is 1. The maximum absolute atomic E-state index is 5.51. The van der Waals surface area contributed by atoms with Crippen LogP contribution >= 0.6 is 0 Å². The van der Waals surface area contributed by atoms with E-state index < -0.39 is 0 Å². The van der Waals surface area contributed by atoms with Crippen LogP contribution < -0.4 is 10.6 Å². The molecule has 0 saturated carbocycles. The third-order valence-electron chi connectivity index (χ3n) is 3.26. The molecule has 3 nitrogen and oxygen atoms in total. The molecule has 0 aromatic heterocycles. The zero-order chi connectivity index (χ0) is 10.1. The van der Waals surface area contributed by atoms with Gasteiger partial charge in [0.25, 0.3) is 0 Å². The highest BCUT2D eigenvalue weighted by Gasteiger charge is 2.30. The van der Waals surface area contributed by atoms with Gasteiger partial charge in [0.1, 0.15) is 0 Å². The van der Waals surface area contributed by atoms with Crippen LogP contribution in [0.25, 0.3) is 0 Å². The largest absolute Gasteiger partial charge is 0.378 e. The van der Waals surface area contributed by atoms with Crippen molar-refractivity contribution in [2.24, 2.45) is 0 Å². The minimum Gasteiger partial charge on any atom is -0.378 e. The topological polar surface area (TPSA) is 33.3 Å². The van der Waals surface area contributed by atoms with Crippen molar-refractivity contribution in [3.63, 3.8) is 0 Å². The van der Waals surface area contributed by atoms with E-state index in [2.05, 4.69) is 34.9 Å². The van der Waals surface area contributed by atoms with Gasteiger partial charge in [0.05, 0.1) is 25.3 Å². The van der Waals surface area contributed by atoms with Crippen LogP contribution in [0.15, 0.2) is 24.3 Å². The first kappa shape index (κ1) is 9.33. The molecule has 1 aromatic rings. The summed E-state index contributed by atoms with van der Waals surface area (Å²) in [5.41, 5.74) is 2.86. The molecule has 1 aromatic carbocycles. The van der Waals surface area contributed by atoms with Gasteiger partial charge in [0.2, 0.25) is 0 Å². The normalized spacial score (nSPS) is 30.1. The van der Waals surface area contributed by atoms with Gasteiger partial charge in [-0.3, -0.25) is 0 Å². The van der Waals surface area contributed by atoms with E-state index in [9.17, 15) is 0 Å². The van der Waals surface area contributed by atoms with Crippen LogP contribution in [0.2, 0.25) is 0 Å². The zero-order valence-corrected chi connectivity index (χ0v) is 8.70. The predicted molar refractivity (Wildman–Crippen MR) is 58.6 cm³/mol. The number of hydrogen-bond donors (Lipinski definition) is 2. The lowest BCUT2D eigenvalue weighted by atomic mass is 9.99. The third kappa shape index (κ3) is 1.67.